The average Bonchev–Trinajstić information content (AvgIpc) is 3.04. The molecule has 2 aromatic rings. The second kappa shape index (κ2) is 7.75. The third-order valence-electron chi connectivity index (χ3n) is 5.88. The van der Waals surface area contributed by atoms with Gasteiger partial charge in [0.05, 0.1) is 6.61 Å². The van der Waals surface area contributed by atoms with Gasteiger partial charge in [0.2, 0.25) is 0 Å². The van der Waals surface area contributed by atoms with Crippen molar-refractivity contribution in [3.8, 4) is 5.75 Å². The number of rotatable bonds is 4. The second-order valence-electron chi connectivity index (χ2n) is 7.99. The lowest BCUT2D eigenvalue weighted by Gasteiger charge is -2.32. The summed E-state index contributed by atoms with van der Waals surface area (Å²) < 4.78 is 7.89. The SMILES string of the molecule is Cc1ccc(OC[C@@H]2CCCN(C(=O)c3nn(C)c4c3CCCC4)C2)cc1. The summed E-state index contributed by atoms with van der Waals surface area (Å²) in [6, 6.07) is 8.16. The molecule has 0 spiro atoms. The zero-order valence-electron chi connectivity index (χ0n) is 16.4. The molecule has 1 atom stereocenters. The predicted molar refractivity (Wildman–Crippen MR) is 105 cm³/mol. The van der Waals surface area contributed by atoms with Gasteiger partial charge in [0, 0.05) is 37.3 Å². The first-order chi connectivity index (χ1) is 13.1. The van der Waals surface area contributed by atoms with Gasteiger partial charge < -0.3 is 9.64 Å². The highest BCUT2D eigenvalue weighted by Gasteiger charge is 2.30. The highest BCUT2D eigenvalue weighted by atomic mass is 16.5. The Morgan fingerprint density at radius 3 is 2.78 bits per heavy atom. The summed E-state index contributed by atoms with van der Waals surface area (Å²) in [6.07, 6.45) is 6.52. The van der Waals surface area contributed by atoms with Crippen LogP contribution in [0.15, 0.2) is 24.3 Å². The Bertz CT molecular complexity index is 810. The lowest BCUT2D eigenvalue weighted by molar-refractivity contribution is 0.0625. The van der Waals surface area contributed by atoms with Crippen LogP contribution in [0.5, 0.6) is 5.75 Å². The molecule has 1 aliphatic carbocycles. The fraction of sp³-hybridized carbons (Fsp3) is 0.545. The van der Waals surface area contributed by atoms with Crippen molar-refractivity contribution in [2.24, 2.45) is 13.0 Å². The largest absolute Gasteiger partial charge is 0.493 e. The molecule has 0 saturated carbocycles. The van der Waals surface area contributed by atoms with E-state index < -0.39 is 0 Å². The summed E-state index contributed by atoms with van der Waals surface area (Å²) in [7, 11) is 1.97. The van der Waals surface area contributed by atoms with Crippen molar-refractivity contribution in [3.63, 3.8) is 0 Å². The van der Waals surface area contributed by atoms with Crippen LogP contribution in [0.25, 0.3) is 0 Å². The summed E-state index contributed by atoms with van der Waals surface area (Å²) in [5.74, 6) is 1.39. The molecule has 1 aliphatic heterocycles. The quantitative estimate of drug-likeness (QED) is 0.830. The van der Waals surface area contributed by atoms with Crippen molar-refractivity contribution < 1.29 is 9.53 Å². The normalized spacial score (nSPS) is 19.6. The molecule has 4 rings (SSSR count). The zero-order valence-corrected chi connectivity index (χ0v) is 16.4. The van der Waals surface area contributed by atoms with E-state index in [2.05, 4.69) is 24.2 Å². The fourth-order valence-corrected chi connectivity index (χ4v) is 4.33. The van der Waals surface area contributed by atoms with E-state index >= 15 is 0 Å². The summed E-state index contributed by atoms with van der Waals surface area (Å²) in [4.78, 5) is 15.1. The number of fused-ring (bicyclic) bond motifs is 1. The van der Waals surface area contributed by atoms with Gasteiger partial charge in [0.1, 0.15) is 5.75 Å². The van der Waals surface area contributed by atoms with Crippen LogP contribution in [-0.4, -0.2) is 40.3 Å². The Kier molecular flexibility index (Phi) is 5.19. The number of aryl methyl sites for hydroxylation is 2. The molecule has 2 aliphatic rings. The van der Waals surface area contributed by atoms with Gasteiger partial charge in [0.15, 0.2) is 5.69 Å². The minimum Gasteiger partial charge on any atom is -0.493 e. The van der Waals surface area contributed by atoms with Crippen LogP contribution in [-0.2, 0) is 19.9 Å². The first-order valence-electron chi connectivity index (χ1n) is 10.2. The Labute approximate surface area is 161 Å². The number of benzene rings is 1. The van der Waals surface area contributed by atoms with Gasteiger partial charge in [-0.25, -0.2) is 0 Å². The predicted octanol–water partition coefficient (Wildman–Crippen LogP) is 3.54. The van der Waals surface area contributed by atoms with Gasteiger partial charge in [-0.1, -0.05) is 17.7 Å². The molecular formula is C22H29N3O2. The van der Waals surface area contributed by atoms with Crippen LogP contribution in [0.1, 0.15) is 53.0 Å². The number of piperidine rings is 1. The lowest BCUT2D eigenvalue weighted by Crippen LogP contribution is -2.42. The highest BCUT2D eigenvalue weighted by Crippen LogP contribution is 2.26. The number of amides is 1. The van der Waals surface area contributed by atoms with Crippen molar-refractivity contribution in [2.45, 2.75) is 45.4 Å². The van der Waals surface area contributed by atoms with Crippen LogP contribution in [0, 0.1) is 12.8 Å². The summed E-state index contributed by atoms with van der Waals surface area (Å²) >= 11 is 0. The number of carbonyl (C=O) groups excluding carboxylic acids is 1. The maximum absolute atomic E-state index is 13.2. The molecule has 0 radical (unpaired) electrons. The monoisotopic (exact) mass is 367 g/mol. The molecule has 1 saturated heterocycles. The van der Waals surface area contributed by atoms with Crippen molar-refractivity contribution in [1.29, 1.82) is 0 Å². The molecule has 5 nitrogen and oxygen atoms in total. The Hall–Kier alpha value is -2.30. The van der Waals surface area contributed by atoms with Gasteiger partial charge >= 0.3 is 0 Å². The minimum absolute atomic E-state index is 0.105. The number of hydrogen-bond acceptors (Lipinski definition) is 3. The number of hydrogen-bond donors (Lipinski definition) is 0. The Morgan fingerprint density at radius 2 is 1.96 bits per heavy atom. The molecule has 0 bridgehead atoms. The molecule has 144 valence electrons. The smallest absolute Gasteiger partial charge is 0.274 e. The standard InChI is InChI=1S/C22H29N3O2/c1-16-9-11-18(12-10-16)27-15-17-6-5-13-25(14-17)22(26)21-19-7-3-4-8-20(19)24(2)23-21/h9-12,17H,3-8,13-15H2,1-2H3/t17-/m1/s1. The maximum atomic E-state index is 13.2. The highest BCUT2D eigenvalue weighted by molar-refractivity contribution is 5.94. The van der Waals surface area contributed by atoms with Crippen molar-refractivity contribution in [3.05, 3.63) is 46.8 Å². The number of aromatic nitrogens is 2. The van der Waals surface area contributed by atoms with E-state index in [1.54, 1.807) is 0 Å². The molecule has 1 fully saturated rings. The molecular weight excluding hydrogens is 338 g/mol. The van der Waals surface area contributed by atoms with E-state index in [-0.39, 0.29) is 5.91 Å². The van der Waals surface area contributed by atoms with Crippen LogP contribution in [0.3, 0.4) is 0 Å². The summed E-state index contributed by atoms with van der Waals surface area (Å²) in [5, 5.41) is 4.59. The average molecular weight is 367 g/mol. The summed E-state index contributed by atoms with van der Waals surface area (Å²) in [6.45, 7) is 4.32. The van der Waals surface area contributed by atoms with E-state index in [1.807, 2.05) is 28.8 Å². The van der Waals surface area contributed by atoms with Crippen LogP contribution in [0.2, 0.25) is 0 Å². The van der Waals surface area contributed by atoms with E-state index in [1.165, 1.54) is 23.2 Å². The van der Waals surface area contributed by atoms with Gasteiger partial charge in [-0.05, 0) is 57.6 Å². The molecule has 1 amide bonds. The van der Waals surface area contributed by atoms with Crippen LogP contribution < -0.4 is 4.74 Å². The van der Waals surface area contributed by atoms with Crippen LogP contribution in [0.4, 0.5) is 0 Å². The van der Waals surface area contributed by atoms with E-state index in [0.717, 1.165) is 50.9 Å². The second-order valence-corrected chi connectivity index (χ2v) is 7.99. The molecule has 1 aromatic carbocycles. The number of carbonyl (C=O) groups is 1. The Morgan fingerprint density at radius 1 is 1.19 bits per heavy atom. The first kappa shape index (κ1) is 18.1. The molecule has 1 aromatic heterocycles. The van der Waals surface area contributed by atoms with Gasteiger partial charge in [-0.2, -0.15) is 5.10 Å². The number of ether oxygens (including phenoxy) is 1. The first-order valence-corrected chi connectivity index (χ1v) is 10.2. The van der Waals surface area contributed by atoms with Gasteiger partial charge in [0.25, 0.3) is 5.91 Å². The van der Waals surface area contributed by atoms with Crippen LogP contribution >= 0.6 is 0 Å². The topological polar surface area (TPSA) is 47.4 Å². The van der Waals surface area contributed by atoms with Crippen molar-refractivity contribution >= 4 is 5.91 Å². The molecule has 2 heterocycles. The zero-order chi connectivity index (χ0) is 18.8. The van der Waals surface area contributed by atoms with E-state index in [4.69, 9.17) is 4.74 Å². The maximum Gasteiger partial charge on any atom is 0.274 e. The molecule has 27 heavy (non-hydrogen) atoms. The van der Waals surface area contributed by atoms with Gasteiger partial charge in [-0.15, -0.1) is 0 Å². The summed E-state index contributed by atoms with van der Waals surface area (Å²) in [5.41, 5.74) is 4.36. The number of nitrogens with zero attached hydrogens (tertiary/aromatic N) is 3. The molecule has 0 unspecified atom stereocenters. The van der Waals surface area contributed by atoms with Crippen molar-refractivity contribution in [2.75, 3.05) is 19.7 Å². The fourth-order valence-electron chi connectivity index (χ4n) is 4.33. The molecule has 5 heteroatoms. The third-order valence-corrected chi connectivity index (χ3v) is 5.88. The van der Waals surface area contributed by atoms with E-state index in [9.17, 15) is 4.79 Å². The molecule has 0 N–H and O–H groups in total. The van der Waals surface area contributed by atoms with Gasteiger partial charge in [-0.3, -0.25) is 9.48 Å². The van der Waals surface area contributed by atoms with Crippen molar-refractivity contribution in [1.82, 2.24) is 14.7 Å². The minimum atomic E-state index is 0.105. The lowest BCUT2D eigenvalue weighted by atomic mass is 9.94. The number of likely N-dealkylation sites (tertiary alicyclic amines) is 1. The van der Waals surface area contributed by atoms with E-state index in [0.29, 0.717) is 18.2 Å². The third kappa shape index (κ3) is 3.87. The Balaban J connectivity index is 1.40.